The fourth-order valence-electron chi connectivity index (χ4n) is 2.93. The van der Waals surface area contributed by atoms with Gasteiger partial charge in [0.2, 0.25) is 0 Å². The van der Waals surface area contributed by atoms with Gasteiger partial charge in [-0.15, -0.1) is 0 Å². The second-order valence-electron chi connectivity index (χ2n) is 6.94. The van der Waals surface area contributed by atoms with Crippen molar-refractivity contribution in [2.45, 2.75) is 11.8 Å². The molecule has 1 amide bonds. The quantitative estimate of drug-likeness (QED) is 0.263. The van der Waals surface area contributed by atoms with Crippen molar-refractivity contribution in [3.8, 4) is 0 Å². The number of hydrazone groups is 1. The lowest BCUT2D eigenvalue weighted by molar-refractivity contribution is -0.384. The number of benzene rings is 3. The lowest BCUT2D eigenvalue weighted by Crippen LogP contribution is -2.40. The lowest BCUT2D eigenvalue weighted by Gasteiger charge is -2.25. The molecular formula is C22H18Cl2N4O5S. The van der Waals surface area contributed by atoms with E-state index in [1.807, 2.05) is 0 Å². The molecule has 9 nitrogen and oxygen atoms in total. The smallest absolute Gasteiger partial charge is 0.270 e. The number of nitrogens with one attached hydrogen (secondary N) is 1. The number of amides is 1. The van der Waals surface area contributed by atoms with E-state index >= 15 is 0 Å². The number of sulfonamides is 1. The number of halogens is 2. The van der Waals surface area contributed by atoms with Crippen LogP contribution in [0.25, 0.3) is 0 Å². The van der Waals surface area contributed by atoms with Crippen molar-refractivity contribution in [3.63, 3.8) is 0 Å². The highest BCUT2D eigenvalue weighted by Crippen LogP contribution is 2.35. The van der Waals surface area contributed by atoms with Crippen LogP contribution in [-0.2, 0) is 14.8 Å². The minimum absolute atomic E-state index is 0.0209. The van der Waals surface area contributed by atoms with E-state index in [1.54, 1.807) is 31.2 Å². The minimum atomic E-state index is -4.19. The number of nitrogens with zero attached hydrogens (tertiary/aromatic N) is 3. The summed E-state index contributed by atoms with van der Waals surface area (Å²) in [5.74, 6) is -0.764. The van der Waals surface area contributed by atoms with E-state index in [-0.39, 0.29) is 32.0 Å². The van der Waals surface area contributed by atoms with Gasteiger partial charge in [0.1, 0.15) is 6.54 Å². The van der Waals surface area contributed by atoms with Gasteiger partial charge in [0.15, 0.2) is 0 Å². The van der Waals surface area contributed by atoms with Gasteiger partial charge in [-0.1, -0.05) is 59.6 Å². The number of hydrogen-bond acceptors (Lipinski definition) is 6. The van der Waals surface area contributed by atoms with E-state index in [0.29, 0.717) is 5.56 Å². The first kappa shape index (κ1) is 25.2. The summed E-state index contributed by atoms with van der Waals surface area (Å²) in [7, 11) is -4.19. The maximum atomic E-state index is 13.3. The van der Waals surface area contributed by atoms with Gasteiger partial charge in [0, 0.05) is 17.7 Å². The molecule has 0 unspecified atom stereocenters. The molecule has 0 bridgehead atoms. The Bertz CT molecular complexity index is 1360. The molecule has 0 aliphatic heterocycles. The molecule has 0 spiro atoms. The van der Waals surface area contributed by atoms with Crippen LogP contribution >= 0.6 is 23.2 Å². The third kappa shape index (κ3) is 5.71. The molecule has 34 heavy (non-hydrogen) atoms. The minimum Gasteiger partial charge on any atom is -0.271 e. The Balaban J connectivity index is 1.90. The van der Waals surface area contributed by atoms with Crippen LogP contribution in [0.4, 0.5) is 11.4 Å². The number of carbonyl (C=O) groups is 1. The highest BCUT2D eigenvalue weighted by Gasteiger charge is 2.29. The predicted molar refractivity (Wildman–Crippen MR) is 131 cm³/mol. The molecular weight excluding hydrogens is 503 g/mol. The molecule has 0 saturated carbocycles. The molecule has 0 aliphatic rings. The van der Waals surface area contributed by atoms with Crippen molar-refractivity contribution in [2.75, 3.05) is 10.8 Å². The summed E-state index contributed by atoms with van der Waals surface area (Å²) in [6.45, 7) is 0.897. The van der Waals surface area contributed by atoms with Crippen molar-refractivity contribution in [2.24, 2.45) is 5.10 Å². The molecule has 1 N–H and O–H groups in total. The molecule has 3 rings (SSSR count). The number of hydrogen-bond donors (Lipinski definition) is 1. The molecule has 176 valence electrons. The molecule has 12 heteroatoms. The van der Waals surface area contributed by atoms with Gasteiger partial charge in [0.25, 0.3) is 21.6 Å². The van der Waals surface area contributed by atoms with Crippen LogP contribution < -0.4 is 9.73 Å². The largest absolute Gasteiger partial charge is 0.271 e. The van der Waals surface area contributed by atoms with E-state index in [4.69, 9.17) is 23.2 Å². The summed E-state index contributed by atoms with van der Waals surface area (Å²) in [5.41, 5.74) is 2.88. The van der Waals surface area contributed by atoms with Crippen LogP contribution in [0.3, 0.4) is 0 Å². The van der Waals surface area contributed by atoms with Gasteiger partial charge in [-0.25, -0.2) is 13.8 Å². The van der Waals surface area contributed by atoms with Crippen LogP contribution in [0.15, 0.2) is 82.8 Å². The van der Waals surface area contributed by atoms with Crippen molar-refractivity contribution in [3.05, 3.63) is 98.5 Å². The molecule has 3 aromatic carbocycles. The third-order valence-electron chi connectivity index (χ3n) is 4.64. The zero-order chi connectivity index (χ0) is 24.9. The summed E-state index contributed by atoms with van der Waals surface area (Å²) in [4.78, 5) is 23.1. The molecule has 0 aromatic heterocycles. The number of carbonyl (C=O) groups excluding carboxylic acids is 1. The number of rotatable bonds is 8. The zero-order valence-corrected chi connectivity index (χ0v) is 20.0. The SMILES string of the molecule is C/C(=N\NC(=O)CN(c1cccc(Cl)c1Cl)S(=O)(=O)c1ccccc1)c1cccc([N+](=O)[O-])c1. The van der Waals surface area contributed by atoms with E-state index < -0.39 is 27.4 Å². The van der Waals surface area contributed by atoms with Gasteiger partial charge in [0.05, 0.1) is 31.3 Å². The number of nitro benzene ring substituents is 1. The van der Waals surface area contributed by atoms with Crippen LogP contribution in [-0.4, -0.2) is 31.5 Å². The van der Waals surface area contributed by atoms with Gasteiger partial charge >= 0.3 is 0 Å². The Labute approximate surface area is 205 Å². The van der Waals surface area contributed by atoms with Crippen LogP contribution in [0.1, 0.15) is 12.5 Å². The fourth-order valence-corrected chi connectivity index (χ4v) is 4.83. The molecule has 0 atom stereocenters. The topological polar surface area (TPSA) is 122 Å². The first-order valence-electron chi connectivity index (χ1n) is 9.71. The molecule has 0 saturated heterocycles. The predicted octanol–water partition coefficient (Wildman–Crippen LogP) is 4.64. The molecule has 3 aromatic rings. The Morgan fingerprint density at radius 2 is 1.74 bits per heavy atom. The summed E-state index contributed by atoms with van der Waals surface area (Å²) in [5, 5.41) is 15.0. The Morgan fingerprint density at radius 3 is 2.41 bits per heavy atom. The van der Waals surface area contributed by atoms with Gasteiger partial charge in [-0.2, -0.15) is 5.10 Å². The first-order chi connectivity index (χ1) is 16.1. The van der Waals surface area contributed by atoms with Crippen LogP contribution in [0.2, 0.25) is 10.0 Å². The van der Waals surface area contributed by atoms with Gasteiger partial charge in [-0.3, -0.25) is 19.2 Å². The van der Waals surface area contributed by atoms with Gasteiger partial charge in [-0.05, 0) is 31.2 Å². The monoisotopic (exact) mass is 520 g/mol. The lowest BCUT2D eigenvalue weighted by atomic mass is 10.1. The Hall–Kier alpha value is -3.47. The average molecular weight is 521 g/mol. The van der Waals surface area contributed by atoms with Crippen LogP contribution in [0, 0.1) is 10.1 Å². The van der Waals surface area contributed by atoms with Crippen molar-refractivity contribution >= 4 is 56.2 Å². The standard InChI is InChI=1S/C22H18Cl2N4O5S/c1-15(16-7-5-8-17(13-16)28(30)31)25-26-21(29)14-27(20-12-6-11-19(23)22(20)24)34(32,33)18-9-3-2-4-10-18/h2-13H,14H2,1H3,(H,26,29)/b25-15+. The van der Waals surface area contributed by atoms with Crippen molar-refractivity contribution in [1.29, 1.82) is 0 Å². The van der Waals surface area contributed by atoms with Gasteiger partial charge < -0.3 is 0 Å². The van der Waals surface area contributed by atoms with E-state index in [0.717, 1.165) is 4.31 Å². The number of nitro groups is 1. The maximum Gasteiger partial charge on any atom is 0.270 e. The van der Waals surface area contributed by atoms with Crippen molar-refractivity contribution in [1.82, 2.24) is 5.43 Å². The van der Waals surface area contributed by atoms with E-state index in [9.17, 15) is 23.3 Å². The normalized spacial score (nSPS) is 11.7. The summed E-state index contributed by atoms with van der Waals surface area (Å²) >= 11 is 12.3. The molecule has 0 radical (unpaired) electrons. The van der Waals surface area contributed by atoms with Crippen LogP contribution in [0.5, 0.6) is 0 Å². The highest BCUT2D eigenvalue weighted by atomic mass is 35.5. The second-order valence-corrected chi connectivity index (χ2v) is 9.58. The highest BCUT2D eigenvalue weighted by molar-refractivity contribution is 7.92. The summed E-state index contributed by atoms with van der Waals surface area (Å²) < 4.78 is 27.5. The molecule has 0 aliphatic carbocycles. The molecule has 0 heterocycles. The maximum absolute atomic E-state index is 13.3. The molecule has 0 fully saturated rings. The summed E-state index contributed by atoms with van der Waals surface area (Å²) in [6.07, 6.45) is 0. The van der Waals surface area contributed by atoms with Crippen molar-refractivity contribution < 1.29 is 18.1 Å². The van der Waals surface area contributed by atoms with E-state index in [1.165, 1.54) is 48.5 Å². The summed E-state index contributed by atoms with van der Waals surface area (Å²) in [6, 6.07) is 17.7. The Morgan fingerprint density at radius 1 is 1.06 bits per heavy atom. The van der Waals surface area contributed by atoms with E-state index in [2.05, 4.69) is 10.5 Å². The Kier molecular flexibility index (Phi) is 7.87. The number of non-ortho nitro benzene ring substituents is 1. The third-order valence-corrected chi connectivity index (χ3v) is 7.22. The first-order valence-corrected chi connectivity index (χ1v) is 11.9. The fraction of sp³-hybridized carbons (Fsp3) is 0.0909. The average Bonchev–Trinajstić information content (AvgIpc) is 2.83. The second kappa shape index (κ2) is 10.6. The number of anilines is 1. The zero-order valence-electron chi connectivity index (χ0n) is 17.7.